The summed E-state index contributed by atoms with van der Waals surface area (Å²) >= 11 is 0. The molecule has 0 fully saturated rings. The van der Waals surface area contributed by atoms with E-state index in [9.17, 15) is 5.11 Å². The molecule has 0 amide bonds. The molecule has 0 saturated carbocycles. The molecule has 2 nitrogen and oxygen atoms in total. The van der Waals surface area contributed by atoms with Crippen LogP contribution in [0.1, 0.15) is 60.8 Å². The molecule has 0 heterocycles. The molecule has 0 spiro atoms. The van der Waals surface area contributed by atoms with Crippen molar-refractivity contribution >= 4 is 0 Å². The number of hydrogen-bond donors (Lipinski definition) is 2. The van der Waals surface area contributed by atoms with Crippen molar-refractivity contribution in [3.63, 3.8) is 0 Å². The van der Waals surface area contributed by atoms with Gasteiger partial charge >= 0.3 is 0 Å². The van der Waals surface area contributed by atoms with Crippen LogP contribution in [0.15, 0.2) is 0 Å². The number of rotatable bonds is 7. The lowest BCUT2D eigenvalue weighted by Gasteiger charge is -2.28. The lowest BCUT2D eigenvalue weighted by atomic mass is 9.88. The fraction of sp³-hybridized carbons (Fsp3) is 1.00. The van der Waals surface area contributed by atoms with Crippen molar-refractivity contribution in [1.29, 1.82) is 0 Å². The smallest absolute Gasteiger partial charge is 0.0584 e. The van der Waals surface area contributed by atoms with Crippen molar-refractivity contribution in [2.45, 2.75) is 72.9 Å². The molecule has 16 heavy (non-hydrogen) atoms. The Labute approximate surface area is 102 Å². The topological polar surface area (TPSA) is 32.3 Å². The minimum Gasteiger partial charge on any atom is -0.395 e. The zero-order valence-corrected chi connectivity index (χ0v) is 12.0. The van der Waals surface area contributed by atoms with E-state index in [-0.39, 0.29) is 18.1 Å². The molecule has 2 N–H and O–H groups in total. The second-order valence-corrected chi connectivity index (χ2v) is 6.68. The maximum absolute atomic E-state index is 9.35. The van der Waals surface area contributed by atoms with Gasteiger partial charge in [0.1, 0.15) is 0 Å². The maximum Gasteiger partial charge on any atom is 0.0584 e. The fourth-order valence-corrected chi connectivity index (χ4v) is 1.98. The average molecular weight is 229 g/mol. The Bertz CT molecular complexity index is 172. The summed E-state index contributed by atoms with van der Waals surface area (Å²) in [4.78, 5) is 0. The normalized spacial score (nSPS) is 16.5. The molecular weight excluding hydrogens is 198 g/mol. The predicted molar refractivity (Wildman–Crippen MR) is 71.6 cm³/mol. The van der Waals surface area contributed by atoms with E-state index in [1.54, 1.807) is 0 Å². The molecular formula is C14H31NO. The van der Waals surface area contributed by atoms with Crippen molar-refractivity contribution in [2.24, 2.45) is 11.3 Å². The van der Waals surface area contributed by atoms with E-state index in [4.69, 9.17) is 0 Å². The van der Waals surface area contributed by atoms with E-state index in [1.807, 2.05) is 0 Å². The Hall–Kier alpha value is -0.0800. The summed E-state index contributed by atoms with van der Waals surface area (Å²) in [5.74, 6) is 0.763. The summed E-state index contributed by atoms with van der Waals surface area (Å²) in [6.45, 7) is 13.6. The number of hydrogen-bond acceptors (Lipinski definition) is 2. The summed E-state index contributed by atoms with van der Waals surface area (Å²) in [6, 6.07) is 0.740. The highest BCUT2D eigenvalue weighted by Crippen LogP contribution is 2.21. The zero-order chi connectivity index (χ0) is 12.8. The van der Waals surface area contributed by atoms with Crippen LogP contribution in [0.2, 0.25) is 0 Å². The van der Waals surface area contributed by atoms with Crippen LogP contribution >= 0.6 is 0 Å². The van der Waals surface area contributed by atoms with Crippen molar-refractivity contribution in [3.8, 4) is 0 Å². The van der Waals surface area contributed by atoms with E-state index in [1.165, 1.54) is 12.8 Å². The van der Waals surface area contributed by atoms with Crippen molar-refractivity contribution in [2.75, 3.05) is 6.61 Å². The van der Waals surface area contributed by atoms with Gasteiger partial charge in [0.2, 0.25) is 0 Å². The van der Waals surface area contributed by atoms with E-state index >= 15 is 0 Å². The summed E-state index contributed by atoms with van der Waals surface area (Å²) in [7, 11) is 0. The van der Waals surface area contributed by atoms with Gasteiger partial charge < -0.3 is 10.4 Å². The lowest BCUT2D eigenvalue weighted by Crippen LogP contribution is -2.41. The molecule has 0 radical (unpaired) electrons. The zero-order valence-electron chi connectivity index (χ0n) is 12.0. The van der Waals surface area contributed by atoms with Crippen molar-refractivity contribution in [3.05, 3.63) is 0 Å². The van der Waals surface area contributed by atoms with Gasteiger partial charge in [0, 0.05) is 12.1 Å². The minimum atomic E-state index is 0.238. The Kier molecular flexibility index (Phi) is 7.25. The molecule has 0 bridgehead atoms. The van der Waals surface area contributed by atoms with Gasteiger partial charge in [-0.15, -0.1) is 0 Å². The molecule has 2 heteroatoms. The SMILES string of the molecule is CC(C)CCC(C)NC(CO)CC(C)(C)C. The van der Waals surface area contributed by atoms with Gasteiger partial charge in [-0.05, 0) is 37.5 Å². The van der Waals surface area contributed by atoms with Crippen LogP contribution in [0, 0.1) is 11.3 Å². The molecule has 2 unspecified atom stereocenters. The summed E-state index contributed by atoms with van der Waals surface area (Å²) in [6.07, 6.45) is 3.47. The molecule has 0 aromatic heterocycles. The van der Waals surface area contributed by atoms with Gasteiger partial charge in [-0.25, -0.2) is 0 Å². The molecule has 0 saturated heterocycles. The van der Waals surface area contributed by atoms with Crippen molar-refractivity contribution in [1.82, 2.24) is 5.32 Å². The monoisotopic (exact) mass is 229 g/mol. The Balaban J connectivity index is 3.92. The molecule has 98 valence electrons. The number of aliphatic hydroxyl groups is 1. The standard InChI is InChI=1S/C14H31NO/c1-11(2)7-8-12(3)15-13(10-16)9-14(4,5)6/h11-13,15-16H,7-10H2,1-6H3. The van der Waals surface area contributed by atoms with Gasteiger partial charge in [-0.1, -0.05) is 34.6 Å². The number of nitrogens with one attached hydrogen (secondary N) is 1. The fourth-order valence-electron chi connectivity index (χ4n) is 1.98. The number of aliphatic hydroxyl groups excluding tert-OH is 1. The molecule has 2 atom stereocenters. The molecule has 0 aliphatic rings. The third-order valence-corrected chi connectivity index (χ3v) is 2.78. The highest BCUT2D eigenvalue weighted by molar-refractivity contribution is 4.76. The van der Waals surface area contributed by atoms with E-state index in [0.29, 0.717) is 6.04 Å². The largest absolute Gasteiger partial charge is 0.395 e. The summed E-state index contributed by atoms with van der Waals surface area (Å²) in [5.41, 5.74) is 0.276. The van der Waals surface area contributed by atoms with Crippen LogP contribution in [-0.4, -0.2) is 23.8 Å². The highest BCUT2D eigenvalue weighted by Gasteiger charge is 2.19. The Morgan fingerprint density at radius 1 is 1.06 bits per heavy atom. The van der Waals surface area contributed by atoms with Gasteiger partial charge in [-0.3, -0.25) is 0 Å². The second-order valence-electron chi connectivity index (χ2n) is 6.68. The second kappa shape index (κ2) is 7.29. The maximum atomic E-state index is 9.35. The quantitative estimate of drug-likeness (QED) is 0.702. The van der Waals surface area contributed by atoms with Gasteiger partial charge in [-0.2, -0.15) is 0 Å². The first-order valence-corrected chi connectivity index (χ1v) is 6.61. The van der Waals surface area contributed by atoms with Crippen molar-refractivity contribution < 1.29 is 5.11 Å². The Morgan fingerprint density at radius 2 is 1.62 bits per heavy atom. The molecule has 0 aromatic rings. The van der Waals surface area contributed by atoms with Crippen LogP contribution in [0.5, 0.6) is 0 Å². The first-order chi connectivity index (χ1) is 7.24. The predicted octanol–water partition coefficient (Wildman–Crippen LogP) is 3.20. The van der Waals surface area contributed by atoms with Crippen LogP contribution in [0.4, 0.5) is 0 Å². The molecule has 0 aromatic carbocycles. The summed E-state index contributed by atoms with van der Waals surface area (Å²) < 4.78 is 0. The van der Waals surface area contributed by atoms with Gasteiger partial charge in [0.05, 0.1) is 6.61 Å². The first-order valence-electron chi connectivity index (χ1n) is 6.61. The first kappa shape index (κ1) is 15.9. The van der Waals surface area contributed by atoms with E-state index < -0.39 is 0 Å². The van der Waals surface area contributed by atoms with Gasteiger partial charge in [0.25, 0.3) is 0 Å². The summed E-state index contributed by atoms with van der Waals surface area (Å²) in [5, 5.41) is 12.9. The molecule has 0 rings (SSSR count). The third-order valence-electron chi connectivity index (χ3n) is 2.78. The highest BCUT2D eigenvalue weighted by atomic mass is 16.3. The average Bonchev–Trinajstić information content (AvgIpc) is 2.11. The Morgan fingerprint density at radius 3 is 2.00 bits per heavy atom. The molecule has 0 aliphatic carbocycles. The van der Waals surface area contributed by atoms with Crippen LogP contribution in [0.25, 0.3) is 0 Å². The van der Waals surface area contributed by atoms with Crippen LogP contribution in [0.3, 0.4) is 0 Å². The van der Waals surface area contributed by atoms with Gasteiger partial charge in [0.15, 0.2) is 0 Å². The third kappa shape index (κ3) is 9.17. The van der Waals surface area contributed by atoms with E-state index in [0.717, 1.165) is 12.3 Å². The minimum absolute atomic E-state index is 0.238. The van der Waals surface area contributed by atoms with Crippen LogP contribution < -0.4 is 5.32 Å². The van der Waals surface area contributed by atoms with Crippen LogP contribution in [-0.2, 0) is 0 Å². The molecule has 0 aliphatic heterocycles. The lowest BCUT2D eigenvalue weighted by molar-refractivity contribution is 0.187. The van der Waals surface area contributed by atoms with E-state index in [2.05, 4.69) is 46.9 Å².